The first kappa shape index (κ1) is 14.2. The minimum atomic E-state index is -0.421. The molecule has 6 nitrogen and oxygen atoms in total. The molecule has 118 valence electrons. The van der Waals surface area contributed by atoms with Gasteiger partial charge in [-0.15, -0.1) is 0 Å². The molecule has 2 aromatic heterocycles. The molecule has 0 aliphatic heterocycles. The molecule has 0 radical (unpaired) electrons. The van der Waals surface area contributed by atoms with Crippen molar-refractivity contribution >= 4 is 17.0 Å². The topological polar surface area (TPSA) is 81.0 Å². The van der Waals surface area contributed by atoms with E-state index in [-0.39, 0.29) is 6.61 Å². The molecule has 0 atom stereocenters. The Balaban J connectivity index is 1.45. The van der Waals surface area contributed by atoms with Crippen molar-refractivity contribution in [1.82, 2.24) is 15.1 Å². The summed E-state index contributed by atoms with van der Waals surface area (Å²) in [4.78, 5) is 19.2. The summed E-state index contributed by atoms with van der Waals surface area (Å²) in [5.74, 6) is 0.219. The minimum absolute atomic E-state index is 0.0518. The number of aromatic nitrogens is 3. The first-order chi connectivity index (χ1) is 11.8. The van der Waals surface area contributed by atoms with E-state index in [9.17, 15) is 4.79 Å². The number of nitrogens with zero attached hydrogens (tertiary/aromatic N) is 2. The van der Waals surface area contributed by atoms with Gasteiger partial charge in [-0.2, -0.15) is 0 Å². The highest BCUT2D eigenvalue weighted by atomic mass is 16.5. The SMILES string of the molecule is O=C(OCc1cc(-c2ccccc2)on1)c1ccc2nc[nH]c2c1. The molecule has 0 saturated carbocycles. The normalized spacial score (nSPS) is 10.8. The van der Waals surface area contributed by atoms with Crippen molar-refractivity contribution in [3.8, 4) is 11.3 Å². The molecular weight excluding hydrogens is 306 g/mol. The van der Waals surface area contributed by atoms with E-state index in [1.54, 1.807) is 30.6 Å². The van der Waals surface area contributed by atoms with Crippen molar-refractivity contribution in [3.05, 3.63) is 72.2 Å². The fourth-order valence-corrected chi connectivity index (χ4v) is 2.40. The maximum absolute atomic E-state index is 12.1. The zero-order valence-corrected chi connectivity index (χ0v) is 12.6. The molecular formula is C18H13N3O3. The molecule has 0 bridgehead atoms. The van der Waals surface area contributed by atoms with Crippen molar-refractivity contribution in [3.63, 3.8) is 0 Å². The first-order valence-electron chi connectivity index (χ1n) is 7.41. The van der Waals surface area contributed by atoms with E-state index in [1.165, 1.54) is 0 Å². The highest BCUT2D eigenvalue weighted by molar-refractivity contribution is 5.93. The summed E-state index contributed by atoms with van der Waals surface area (Å²) >= 11 is 0. The van der Waals surface area contributed by atoms with Crippen molar-refractivity contribution in [1.29, 1.82) is 0 Å². The van der Waals surface area contributed by atoms with Gasteiger partial charge in [0.1, 0.15) is 12.3 Å². The number of imidazole rings is 1. The molecule has 0 aliphatic rings. The number of carbonyl (C=O) groups excluding carboxylic acids is 1. The largest absolute Gasteiger partial charge is 0.455 e. The van der Waals surface area contributed by atoms with Crippen LogP contribution in [-0.4, -0.2) is 21.1 Å². The van der Waals surface area contributed by atoms with Crippen molar-refractivity contribution < 1.29 is 14.1 Å². The Kier molecular flexibility index (Phi) is 3.55. The number of nitrogens with one attached hydrogen (secondary N) is 1. The van der Waals surface area contributed by atoms with Gasteiger partial charge in [0.2, 0.25) is 0 Å². The van der Waals surface area contributed by atoms with Gasteiger partial charge < -0.3 is 14.2 Å². The zero-order valence-electron chi connectivity index (χ0n) is 12.6. The van der Waals surface area contributed by atoms with E-state index in [1.807, 2.05) is 30.3 Å². The lowest BCUT2D eigenvalue weighted by molar-refractivity contribution is 0.0464. The van der Waals surface area contributed by atoms with Gasteiger partial charge in [0.25, 0.3) is 0 Å². The van der Waals surface area contributed by atoms with Gasteiger partial charge in [-0.3, -0.25) is 0 Å². The van der Waals surface area contributed by atoms with Crippen LogP contribution in [0.1, 0.15) is 16.1 Å². The second kappa shape index (κ2) is 6.00. The number of rotatable bonds is 4. The standard InChI is InChI=1S/C18H13N3O3/c22-18(13-6-7-15-16(8-13)20-11-19-15)23-10-14-9-17(24-21-14)12-4-2-1-3-5-12/h1-9,11H,10H2,(H,19,20). The molecule has 4 rings (SSSR count). The van der Waals surface area contributed by atoms with Crippen LogP contribution >= 0.6 is 0 Å². The molecule has 6 heteroatoms. The number of ether oxygens (including phenoxy) is 1. The van der Waals surface area contributed by atoms with Crippen LogP contribution in [0.2, 0.25) is 0 Å². The highest BCUT2D eigenvalue weighted by Crippen LogP contribution is 2.20. The van der Waals surface area contributed by atoms with Gasteiger partial charge in [-0.05, 0) is 18.2 Å². The molecule has 2 heterocycles. The number of fused-ring (bicyclic) bond motifs is 1. The summed E-state index contributed by atoms with van der Waals surface area (Å²) in [5, 5.41) is 3.93. The second-order valence-electron chi connectivity index (χ2n) is 5.26. The number of hydrogen-bond donors (Lipinski definition) is 1. The van der Waals surface area contributed by atoms with Gasteiger partial charge in [0.15, 0.2) is 5.76 Å². The Hall–Kier alpha value is -3.41. The molecule has 0 saturated heterocycles. The fraction of sp³-hybridized carbons (Fsp3) is 0.0556. The summed E-state index contributed by atoms with van der Waals surface area (Å²) in [6.45, 7) is 0.0518. The lowest BCUT2D eigenvalue weighted by Crippen LogP contribution is -2.05. The van der Waals surface area contributed by atoms with Crippen molar-refractivity contribution in [2.75, 3.05) is 0 Å². The van der Waals surface area contributed by atoms with Crippen LogP contribution in [0, 0.1) is 0 Å². The maximum atomic E-state index is 12.1. The van der Waals surface area contributed by atoms with Crippen LogP contribution in [-0.2, 0) is 11.3 Å². The number of esters is 1. The molecule has 0 fully saturated rings. The van der Waals surface area contributed by atoms with Gasteiger partial charge in [0.05, 0.1) is 22.9 Å². The van der Waals surface area contributed by atoms with Crippen LogP contribution in [0.3, 0.4) is 0 Å². The van der Waals surface area contributed by atoms with Crippen LogP contribution in [0.4, 0.5) is 0 Å². The maximum Gasteiger partial charge on any atom is 0.338 e. The molecule has 0 spiro atoms. The minimum Gasteiger partial charge on any atom is -0.455 e. The van der Waals surface area contributed by atoms with Gasteiger partial charge in [-0.25, -0.2) is 9.78 Å². The summed E-state index contributed by atoms with van der Waals surface area (Å²) in [6.07, 6.45) is 1.58. The molecule has 1 N–H and O–H groups in total. The van der Waals surface area contributed by atoms with E-state index >= 15 is 0 Å². The molecule has 2 aromatic carbocycles. The fourth-order valence-electron chi connectivity index (χ4n) is 2.40. The number of aromatic amines is 1. The van der Waals surface area contributed by atoms with Gasteiger partial charge in [-0.1, -0.05) is 35.5 Å². The summed E-state index contributed by atoms with van der Waals surface area (Å²) in [6, 6.07) is 16.6. The number of H-pyrrole nitrogens is 1. The molecule has 24 heavy (non-hydrogen) atoms. The third kappa shape index (κ3) is 2.77. The Bertz CT molecular complexity index is 989. The van der Waals surface area contributed by atoms with E-state index in [0.717, 1.165) is 16.6 Å². The summed E-state index contributed by atoms with van der Waals surface area (Å²) in [7, 11) is 0. The van der Waals surface area contributed by atoms with Crippen molar-refractivity contribution in [2.24, 2.45) is 0 Å². The molecule has 0 amide bonds. The second-order valence-corrected chi connectivity index (χ2v) is 5.26. The predicted octanol–water partition coefficient (Wildman–Crippen LogP) is 3.57. The molecule has 4 aromatic rings. The summed E-state index contributed by atoms with van der Waals surface area (Å²) in [5.41, 5.74) is 3.53. The lowest BCUT2D eigenvalue weighted by Gasteiger charge is -2.02. The number of benzene rings is 2. The van der Waals surface area contributed by atoms with Crippen LogP contribution in [0.15, 0.2) is 65.4 Å². The average Bonchev–Trinajstić information content (AvgIpc) is 3.29. The third-order valence-corrected chi connectivity index (χ3v) is 3.62. The average molecular weight is 319 g/mol. The Morgan fingerprint density at radius 3 is 2.88 bits per heavy atom. The Morgan fingerprint density at radius 1 is 1.12 bits per heavy atom. The number of hydrogen-bond acceptors (Lipinski definition) is 5. The quantitative estimate of drug-likeness (QED) is 0.582. The van der Waals surface area contributed by atoms with E-state index < -0.39 is 5.97 Å². The molecule has 0 unspecified atom stereocenters. The monoisotopic (exact) mass is 319 g/mol. The summed E-state index contributed by atoms with van der Waals surface area (Å²) < 4.78 is 10.6. The van der Waals surface area contributed by atoms with Gasteiger partial charge >= 0.3 is 5.97 Å². The van der Waals surface area contributed by atoms with Crippen LogP contribution < -0.4 is 0 Å². The Morgan fingerprint density at radius 2 is 2.00 bits per heavy atom. The Labute approximate surface area is 137 Å². The van der Waals surface area contributed by atoms with Crippen LogP contribution in [0.25, 0.3) is 22.4 Å². The first-order valence-corrected chi connectivity index (χ1v) is 7.41. The van der Waals surface area contributed by atoms with Crippen LogP contribution in [0.5, 0.6) is 0 Å². The number of carbonyl (C=O) groups is 1. The third-order valence-electron chi connectivity index (χ3n) is 3.62. The van der Waals surface area contributed by atoms with Gasteiger partial charge in [0, 0.05) is 11.6 Å². The smallest absolute Gasteiger partial charge is 0.338 e. The highest BCUT2D eigenvalue weighted by Gasteiger charge is 2.12. The van der Waals surface area contributed by atoms with E-state index in [2.05, 4.69) is 15.1 Å². The molecule has 0 aliphatic carbocycles. The van der Waals surface area contributed by atoms with Crippen molar-refractivity contribution in [2.45, 2.75) is 6.61 Å². The van der Waals surface area contributed by atoms with E-state index in [0.29, 0.717) is 17.0 Å². The zero-order chi connectivity index (χ0) is 16.4. The lowest BCUT2D eigenvalue weighted by atomic mass is 10.2. The van der Waals surface area contributed by atoms with E-state index in [4.69, 9.17) is 9.26 Å². The predicted molar refractivity (Wildman–Crippen MR) is 87.2 cm³/mol.